The number of benzene rings is 4. The summed E-state index contributed by atoms with van der Waals surface area (Å²) < 4.78 is 11.2. The summed E-state index contributed by atoms with van der Waals surface area (Å²) in [4.78, 5) is 25.2. The molecule has 420 valence electrons. The van der Waals surface area contributed by atoms with Crippen molar-refractivity contribution in [1.82, 2.24) is 19.9 Å². The number of aliphatic imine (C=N–C) groups is 1. The minimum absolute atomic E-state index is 0. The van der Waals surface area contributed by atoms with Crippen molar-refractivity contribution in [3.63, 3.8) is 0 Å². The molecular weight excluding hydrogens is 1450 g/mol. The summed E-state index contributed by atoms with van der Waals surface area (Å²) in [5.74, 6) is 2.65. The van der Waals surface area contributed by atoms with Crippen molar-refractivity contribution in [2.75, 3.05) is 24.9 Å². The Kier molecular flexibility index (Phi) is 35.1. The van der Waals surface area contributed by atoms with Gasteiger partial charge in [-0.1, -0.05) is 105 Å². The van der Waals surface area contributed by atoms with Crippen LogP contribution in [0.1, 0.15) is 42.2 Å². The fraction of sp³-hybridized carbons (Fsp3) is 0.190. The lowest BCUT2D eigenvalue weighted by Gasteiger charge is -2.47. The molecule has 7 rings (SSSR count). The monoisotopic (exact) mass is 1510 g/mol. The number of anilines is 4. The fourth-order valence-electron chi connectivity index (χ4n) is 6.99. The first-order valence-corrected chi connectivity index (χ1v) is 64.1. The first kappa shape index (κ1) is 74.1. The number of nitrogens with one attached hydrogen (secondary N) is 2. The van der Waals surface area contributed by atoms with Crippen molar-refractivity contribution in [1.29, 1.82) is 0 Å². The average Bonchev–Trinajstić information content (AvgIpc) is 3.77. The molecule has 36 heteroatoms. The highest BCUT2D eigenvalue weighted by Gasteiger charge is 2.45. The average molecular weight is 1510 g/mol. The predicted octanol–water partition coefficient (Wildman–Crippen LogP) is 23.8. The molecule has 3 heterocycles. The summed E-state index contributed by atoms with van der Waals surface area (Å²) in [6.07, 6.45) is 3.73. The molecule has 2 aromatic heterocycles. The lowest BCUT2D eigenvalue weighted by molar-refractivity contribution is 0.415. The molecule has 0 spiro atoms. The fourth-order valence-corrected chi connectivity index (χ4v) is 289. The summed E-state index contributed by atoms with van der Waals surface area (Å²) in [7, 11) is 42.7. The highest BCUT2D eigenvalue weighted by molar-refractivity contribution is 9.39. The van der Waals surface area contributed by atoms with Crippen LogP contribution in [0.5, 0.6) is 11.5 Å². The molecule has 0 aliphatic carbocycles. The number of hydrogen-bond donors (Lipinski definition) is 3. The Bertz CT molecular complexity index is 2970. The second kappa shape index (κ2) is 37.0. The van der Waals surface area contributed by atoms with E-state index in [0.29, 0.717) is 74.0 Å². The number of halogens is 2. The quantitative estimate of drug-likeness (QED) is 0.0535. The van der Waals surface area contributed by atoms with Gasteiger partial charge in [0.05, 0.1) is 48.8 Å². The minimum Gasteiger partial charge on any atom is -0.491 e. The molecule has 1 aliphatic rings. The smallest absolute Gasteiger partial charge is 0.192 e. The van der Waals surface area contributed by atoms with Gasteiger partial charge in [0.1, 0.15) is 29.9 Å². The summed E-state index contributed by atoms with van der Waals surface area (Å²) in [5.41, 5.74) is 16.3. The molecule has 0 saturated heterocycles. The van der Waals surface area contributed by atoms with Gasteiger partial charge in [0.15, 0.2) is 28.8 Å². The third-order valence-electron chi connectivity index (χ3n) is 10.6. The van der Waals surface area contributed by atoms with Gasteiger partial charge in [0.2, 0.25) is 0 Å². The van der Waals surface area contributed by atoms with Crippen LogP contribution >= 0.6 is 208 Å². The van der Waals surface area contributed by atoms with Gasteiger partial charge in [-0.05, 0) is 126 Å². The maximum Gasteiger partial charge on any atom is 0.192 e. The first-order chi connectivity index (χ1) is 36.6. The second-order valence-electron chi connectivity index (χ2n) is 15.8. The van der Waals surface area contributed by atoms with Crippen molar-refractivity contribution in [2.45, 2.75) is 41.2 Å². The van der Waals surface area contributed by atoms with E-state index < -0.39 is 0 Å². The third-order valence-corrected chi connectivity index (χ3v) is 158. The predicted molar refractivity (Wildman–Crippen MR) is 418 cm³/mol. The van der Waals surface area contributed by atoms with Crippen molar-refractivity contribution in [3.05, 3.63) is 135 Å². The molecule has 0 fully saturated rings. The van der Waals surface area contributed by atoms with E-state index in [0.717, 1.165) is 42.2 Å². The number of amidine groups is 1. The summed E-state index contributed by atoms with van der Waals surface area (Å²) in [6.45, 7) is 14.6. The van der Waals surface area contributed by atoms with E-state index in [-0.39, 0.29) is 77.3 Å². The lowest BCUT2D eigenvalue weighted by Crippen LogP contribution is -2.10. The number of rotatable bonds is 19. The maximum absolute atomic E-state index is 7.28. The van der Waals surface area contributed by atoms with Crippen LogP contribution in [0.4, 0.5) is 28.7 Å². The van der Waals surface area contributed by atoms with Gasteiger partial charge in [-0.2, -0.15) is 0 Å². The molecule has 4 aromatic carbocycles. The largest absolute Gasteiger partial charge is 0.491 e. The summed E-state index contributed by atoms with van der Waals surface area (Å²) in [5, 5.41) is 7.47. The number of ether oxygens (including phenoxy) is 2. The Hall–Kier alpha value is 3.67. The van der Waals surface area contributed by atoms with Crippen LogP contribution in [0.25, 0.3) is 27.4 Å². The molecule has 4 N–H and O–H groups in total. The van der Waals surface area contributed by atoms with Gasteiger partial charge in [-0.3, -0.25) is 4.99 Å². The molecule has 78 heavy (non-hydrogen) atoms. The van der Waals surface area contributed by atoms with Crippen LogP contribution in [0.3, 0.4) is 0 Å². The van der Waals surface area contributed by atoms with Gasteiger partial charge >= 0.3 is 0 Å². The van der Waals surface area contributed by atoms with Gasteiger partial charge < -0.3 is 25.8 Å². The van der Waals surface area contributed by atoms with Gasteiger partial charge in [0, 0.05) is 16.7 Å². The van der Waals surface area contributed by atoms with E-state index in [9.17, 15) is 0 Å². The zero-order chi connectivity index (χ0) is 56.8. The second-order valence-corrected chi connectivity index (χ2v) is 106. The zero-order valence-corrected chi connectivity index (χ0v) is 67.5. The van der Waals surface area contributed by atoms with E-state index in [1.165, 1.54) is 23.8 Å². The van der Waals surface area contributed by atoms with Crippen molar-refractivity contribution in [2.24, 2.45) is 10.7 Å². The topological polar surface area (TPSA) is 137 Å². The van der Waals surface area contributed by atoms with Crippen LogP contribution in [0.15, 0.2) is 90.4 Å². The molecule has 0 amide bonds. The van der Waals surface area contributed by atoms with E-state index in [2.05, 4.69) is 148 Å². The summed E-state index contributed by atoms with van der Waals surface area (Å²) in [6, 6.07) is 23.4. The van der Waals surface area contributed by atoms with Gasteiger partial charge in [-0.25, -0.2) is 24.8 Å². The number of aromatic nitrogens is 4. The Morgan fingerprint density at radius 1 is 0.641 bits per heavy atom. The molecule has 0 bridgehead atoms. The first-order valence-electron chi connectivity index (χ1n) is 22.1. The number of nitrogens with two attached hydrogens (primary N) is 1. The number of aryl methyl sites for hydroxylation is 3. The van der Waals surface area contributed by atoms with Crippen LogP contribution in [0.2, 0.25) is 10.0 Å². The number of nitrogens with zero attached hydrogens (tertiary/aromatic N) is 6. The van der Waals surface area contributed by atoms with Crippen LogP contribution in [-0.4, -0.2) is 40.0 Å². The van der Waals surface area contributed by atoms with Crippen molar-refractivity contribution < 1.29 is 9.47 Å². The van der Waals surface area contributed by atoms with Crippen LogP contribution in [-0.2, 0) is 13.0 Å². The SMILES string of the molecule is C.COc1c(Nc2cc3c(cc2Cl)C(N)=NC3)ncnc1-c1ccc(C)cc1.PPP(P)P(P(P)P)P(P(P(P)P)P(P)P)P(P(P)P)P(P)P.[C-]#[N+]c1cc(Cl)c(Nc2ncnc(-c3ccc(C)cc3)c2OC)cc1CC. The van der Waals surface area contributed by atoms with E-state index in [4.69, 9.17) is 45.0 Å². The molecule has 6 aromatic rings. The van der Waals surface area contributed by atoms with Gasteiger partial charge in [-0.15, -0.1) is 107 Å². The van der Waals surface area contributed by atoms with Crippen LogP contribution in [0, 0.1) is 20.4 Å². The van der Waals surface area contributed by atoms with Crippen molar-refractivity contribution >= 4 is 243 Å². The standard InChI is InChI=1S/C21H19ClN4O.C20H18ClN5O.CH4.H25P23/c1-5-14-10-18(16(22)11-17(14)23-3)26-21-20(27-4)19(24-12-25-21)15-8-6-13(2)7-9-15;1-11-3-5-12(6-4-11)17-18(27-2)20(25-10-24-17)26-16-7-13-9-23-19(22)14(13)8-15(16)21;;1-13-19(12)22(18(10)11)23(20(14(2)3)15(4)5)21(16(6)7)17(8)9/h6-12H,5H2,1-2,4H3,(H,24,25,26);3-8,10H,9H2,1-2H3,(H2,22,23)(H,24,25,26);1H4;13H,1-12H2. The van der Waals surface area contributed by atoms with E-state index in [1.54, 1.807) is 20.3 Å². The molecule has 11 nitrogen and oxygen atoms in total. The maximum atomic E-state index is 7.28. The highest BCUT2D eigenvalue weighted by atomic mass is 35.5. The van der Waals surface area contributed by atoms with Gasteiger partial charge in [0.25, 0.3) is 0 Å². The Balaban J connectivity index is 0.000000252. The Morgan fingerprint density at radius 2 is 1.06 bits per heavy atom. The molecule has 0 radical (unpaired) electrons. The normalized spacial score (nSPS) is 12.8. The molecule has 1 aliphatic heterocycles. The number of hydrogen-bond acceptors (Lipinski definition) is 10. The third kappa shape index (κ3) is 20.6. The van der Waals surface area contributed by atoms with Crippen LogP contribution < -0.4 is 25.8 Å². The van der Waals surface area contributed by atoms with E-state index >= 15 is 0 Å². The molecule has 15 unspecified atom stereocenters. The number of methoxy groups -OCH3 is 2. The zero-order valence-electron chi connectivity index (χ0n) is 42.2. The number of fused-ring (bicyclic) bond motifs is 1. The lowest BCUT2D eigenvalue weighted by atomic mass is 10.1. The molecule has 15 atom stereocenters. The van der Waals surface area contributed by atoms with Crippen molar-refractivity contribution in [3.8, 4) is 34.0 Å². The molecule has 0 saturated carbocycles. The Labute approximate surface area is 513 Å². The summed E-state index contributed by atoms with van der Waals surface area (Å²) >= 11 is 12.8. The Morgan fingerprint density at radius 3 is 1.45 bits per heavy atom. The highest BCUT2D eigenvalue weighted by Crippen LogP contribution is 3.33. The van der Waals surface area contributed by atoms with E-state index in [1.807, 2.05) is 87.5 Å². The molecular formula is C42H66Cl2N9O2P23. The minimum atomic E-state index is 0.